The Kier molecular flexibility index (Phi) is 4.45. The number of hydrogen-bond acceptors (Lipinski definition) is 1. The molecule has 2 rings (SSSR count). The van der Waals surface area contributed by atoms with Crippen molar-refractivity contribution in [2.45, 2.75) is 59.0 Å². The molecule has 0 aliphatic heterocycles. The highest BCUT2D eigenvalue weighted by atomic mass is 16.3. The molecule has 1 aliphatic rings. The lowest BCUT2D eigenvalue weighted by Crippen LogP contribution is -2.20. The van der Waals surface area contributed by atoms with Crippen LogP contribution in [0.5, 0.6) is 0 Å². The van der Waals surface area contributed by atoms with Gasteiger partial charge in [-0.05, 0) is 50.5 Å². The van der Waals surface area contributed by atoms with Crippen molar-refractivity contribution in [3.63, 3.8) is 0 Å². The minimum absolute atomic E-state index is 0.150. The van der Waals surface area contributed by atoms with Gasteiger partial charge in [-0.1, -0.05) is 49.1 Å². The third-order valence-corrected chi connectivity index (χ3v) is 4.43. The number of rotatable bonds is 4. The van der Waals surface area contributed by atoms with Crippen LogP contribution in [0.2, 0.25) is 0 Å². The van der Waals surface area contributed by atoms with Crippen molar-refractivity contribution in [2.24, 2.45) is 11.8 Å². The van der Waals surface area contributed by atoms with Crippen LogP contribution < -0.4 is 0 Å². The number of benzene rings is 1. The maximum Gasteiger partial charge on any atom is 0.0608 e. The lowest BCUT2D eigenvalue weighted by Gasteiger charge is -2.19. The summed E-state index contributed by atoms with van der Waals surface area (Å²) < 4.78 is 0. The molecule has 3 atom stereocenters. The zero-order valence-corrected chi connectivity index (χ0v) is 11.9. The predicted molar refractivity (Wildman–Crippen MR) is 76.7 cm³/mol. The third kappa shape index (κ3) is 3.35. The number of aryl methyl sites for hydroxylation is 2. The second kappa shape index (κ2) is 5.88. The molecule has 18 heavy (non-hydrogen) atoms. The molecule has 0 heterocycles. The fourth-order valence-electron chi connectivity index (χ4n) is 3.43. The van der Waals surface area contributed by atoms with Crippen LogP contribution in [-0.4, -0.2) is 11.2 Å². The van der Waals surface area contributed by atoms with E-state index in [4.69, 9.17) is 0 Å². The molecule has 1 aromatic carbocycles. The van der Waals surface area contributed by atoms with Gasteiger partial charge in [-0.2, -0.15) is 0 Å². The van der Waals surface area contributed by atoms with Gasteiger partial charge in [0, 0.05) is 0 Å². The average Bonchev–Trinajstić information content (AvgIpc) is 2.75. The highest BCUT2D eigenvalue weighted by Crippen LogP contribution is 2.35. The van der Waals surface area contributed by atoms with Gasteiger partial charge in [0.2, 0.25) is 0 Å². The van der Waals surface area contributed by atoms with E-state index in [0.29, 0.717) is 5.92 Å². The second-order valence-corrected chi connectivity index (χ2v) is 6.11. The predicted octanol–water partition coefficient (Wildman–Crippen LogP) is 4.03. The monoisotopic (exact) mass is 246 g/mol. The number of aliphatic hydroxyl groups is 1. The van der Waals surface area contributed by atoms with E-state index in [9.17, 15) is 5.11 Å². The first-order chi connectivity index (χ1) is 8.58. The Bertz CT molecular complexity index is 376. The van der Waals surface area contributed by atoms with Crippen molar-refractivity contribution >= 4 is 0 Å². The first kappa shape index (κ1) is 13.6. The molecule has 1 N–H and O–H groups in total. The summed E-state index contributed by atoms with van der Waals surface area (Å²) in [6.45, 7) is 6.53. The standard InChI is InChI=1S/C17H26O/c1-4-14-5-6-16(10-14)17(18)11-15-8-12(2)7-13(3)9-15/h7-9,14,16-18H,4-6,10-11H2,1-3H3. The smallest absolute Gasteiger partial charge is 0.0608 e. The first-order valence-electron chi connectivity index (χ1n) is 7.33. The SMILES string of the molecule is CCC1CCC(C(O)Cc2cc(C)cc(C)c2)C1. The lowest BCUT2D eigenvalue weighted by atomic mass is 9.92. The average molecular weight is 246 g/mol. The molecular formula is C17H26O. The van der Waals surface area contributed by atoms with Gasteiger partial charge in [0.1, 0.15) is 0 Å². The van der Waals surface area contributed by atoms with Crippen LogP contribution in [-0.2, 0) is 6.42 Å². The Morgan fingerprint density at radius 2 is 1.83 bits per heavy atom. The molecule has 1 fully saturated rings. The zero-order valence-electron chi connectivity index (χ0n) is 11.9. The van der Waals surface area contributed by atoms with Crippen molar-refractivity contribution in [1.82, 2.24) is 0 Å². The van der Waals surface area contributed by atoms with Crippen LogP contribution in [0.1, 0.15) is 49.3 Å². The van der Waals surface area contributed by atoms with Crippen LogP contribution in [0, 0.1) is 25.7 Å². The Labute approximate surface area is 111 Å². The largest absolute Gasteiger partial charge is 0.392 e. The van der Waals surface area contributed by atoms with E-state index in [0.717, 1.165) is 12.3 Å². The summed E-state index contributed by atoms with van der Waals surface area (Å²) in [6.07, 6.45) is 5.69. The number of hydrogen-bond donors (Lipinski definition) is 1. The molecule has 100 valence electrons. The van der Waals surface area contributed by atoms with Gasteiger partial charge in [-0.3, -0.25) is 0 Å². The van der Waals surface area contributed by atoms with E-state index in [1.165, 1.54) is 42.4 Å². The molecule has 0 bridgehead atoms. The first-order valence-corrected chi connectivity index (χ1v) is 7.33. The summed E-state index contributed by atoms with van der Waals surface area (Å²) in [7, 11) is 0. The summed E-state index contributed by atoms with van der Waals surface area (Å²) in [5.41, 5.74) is 3.89. The molecule has 0 spiro atoms. The minimum atomic E-state index is -0.150. The highest BCUT2D eigenvalue weighted by molar-refractivity contribution is 5.29. The molecule has 1 aliphatic carbocycles. The van der Waals surface area contributed by atoms with Crippen molar-refractivity contribution in [3.8, 4) is 0 Å². The van der Waals surface area contributed by atoms with Gasteiger partial charge in [0.25, 0.3) is 0 Å². The summed E-state index contributed by atoms with van der Waals surface area (Å²) in [5, 5.41) is 10.4. The quantitative estimate of drug-likeness (QED) is 0.850. The van der Waals surface area contributed by atoms with E-state index in [1.54, 1.807) is 0 Å². The molecule has 1 nitrogen and oxygen atoms in total. The normalized spacial score (nSPS) is 25.3. The fraction of sp³-hybridized carbons (Fsp3) is 0.647. The molecule has 0 saturated heterocycles. The summed E-state index contributed by atoms with van der Waals surface area (Å²) in [4.78, 5) is 0. The van der Waals surface area contributed by atoms with E-state index in [1.807, 2.05) is 0 Å². The Balaban J connectivity index is 1.96. The van der Waals surface area contributed by atoms with Crippen molar-refractivity contribution in [2.75, 3.05) is 0 Å². The summed E-state index contributed by atoms with van der Waals surface area (Å²) in [5.74, 6) is 1.37. The Morgan fingerprint density at radius 3 is 2.39 bits per heavy atom. The molecule has 1 heteroatoms. The second-order valence-electron chi connectivity index (χ2n) is 6.11. The third-order valence-electron chi connectivity index (χ3n) is 4.43. The van der Waals surface area contributed by atoms with E-state index in [2.05, 4.69) is 39.0 Å². The van der Waals surface area contributed by atoms with Gasteiger partial charge in [0.05, 0.1) is 6.10 Å². The van der Waals surface area contributed by atoms with Gasteiger partial charge >= 0.3 is 0 Å². The van der Waals surface area contributed by atoms with E-state index >= 15 is 0 Å². The van der Waals surface area contributed by atoms with Gasteiger partial charge in [-0.25, -0.2) is 0 Å². The van der Waals surface area contributed by atoms with E-state index < -0.39 is 0 Å². The van der Waals surface area contributed by atoms with Crippen LogP contribution in [0.3, 0.4) is 0 Å². The van der Waals surface area contributed by atoms with Gasteiger partial charge in [-0.15, -0.1) is 0 Å². The molecule has 3 unspecified atom stereocenters. The Morgan fingerprint density at radius 1 is 1.17 bits per heavy atom. The molecule has 0 radical (unpaired) electrons. The zero-order chi connectivity index (χ0) is 13.1. The molecule has 1 aromatic rings. The summed E-state index contributed by atoms with van der Waals surface area (Å²) >= 11 is 0. The van der Waals surface area contributed by atoms with Gasteiger partial charge in [0.15, 0.2) is 0 Å². The maximum atomic E-state index is 10.4. The lowest BCUT2D eigenvalue weighted by molar-refractivity contribution is 0.108. The molecule has 0 aromatic heterocycles. The Hall–Kier alpha value is -0.820. The topological polar surface area (TPSA) is 20.2 Å². The van der Waals surface area contributed by atoms with Gasteiger partial charge < -0.3 is 5.11 Å². The van der Waals surface area contributed by atoms with Crippen molar-refractivity contribution < 1.29 is 5.11 Å². The van der Waals surface area contributed by atoms with Crippen LogP contribution >= 0.6 is 0 Å². The summed E-state index contributed by atoms with van der Waals surface area (Å²) in [6, 6.07) is 6.61. The molecular weight excluding hydrogens is 220 g/mol. The maximum absolute atomic E-state index is 10.4. The fourth-order valence-corrected chi connectivity index (χ4v) is 3.43. The van der Waals surface area contributed by atoms with Crippen molar-refractivity contribution in [3.05, 3.63) is 34.9 Å². The molecule has 0 amide bonds. The highest BCUT2D eigenvalue weighted by Gasteiger charge is 2.28. The number of aliphatic hydroxyl groups excluding tert-OH is 1. The molecule has 1 saturated carbocycles. The van der Waals surface area contributed by atoms with Crippen LogP contribution in [0.25, 0.3) is 0 Å². The minimum Gasteiger partial charge on any atom is -0.392 e. The van der Waals surface area contributed by atoms with Crippen LogP contribution in [0.4, 0.5) is 0 Å². The van der Waals surface area contributed by atoms with Crippen LogP contribution in [0.15, 0.2) is 18.2 Å². The van der Waals surface area contributed by atoms with E-state index in [-0.39, 0.29) is 6.10 Å². The van der Waals surface area contributed by atoms with Crippen molar-refractivity contribution in [1.29, 1.82) is 0 Å².